The molecule has 2 N–H and O–H groups in total. The first-order chi connectivity index (χ1) is 23.7. The van der Waals surface area contributed by atoms with Gasteiger partial charge < -0.3 is 14.8 Å². The predicted molar refractivity (Wildman–Crippen MR) is 194 cm³/mol. The molecule has 2 heterocycles. The summed E-state index contributed by atoms with van der Waals surface area (Å²) in [6.07, 6.45) is 0. The standard InChI is InChI=1S/C38H39BrFN5O5/c1-22-8-14-29(15-9-22)45-33(19-32(43-45)38(4,5)6)42-37(48)41-20-27-17-28(40)13-12-26(27)21-50-31-16-24(3)44(35(46)34(31)39)30-18-25(36(47)49-7)11-10-23(30)2/h8-19H,20-21H2,1-7H3,(H2,41,42,48). The van der Waals surface area contributed by atoms with Gasteiger partial charge in [-0.3, -0.25) is 14.7 Å². The van der Waals surface area contributed by atoms with E-state index < -0.39 is 17.8 Å². The number of nitrogens with one attached hydrogen (secondary N) is 2. The highest BCUT2D eigenvalue weighted by molar-refractivity contribution is 9.10. The number of anilines is 1. The second kappa shape index (κ2) is 14.7. The van der Waals surface area contributed by atoms with Gasteiger partial charge in [0.2, 0.25) is 0 Å². The third-order valence-corrected chi connectivity index (χ3v) is 8.89. The predicted octanol–water partition coefficient (Wildman–Crippen LogP) is 7.83. The van der Waals surface area contributed by atoms with E-state index in [0.29, 0.717) is 33.9 Å². The summed E-state index contributed by atoms with van der Waals surface area (Å²) in [5, 5.41) is 10.5. The van der Waals surface area contributed by atoms with E-state index in [1.54, 1.807) is 41.9 Å². The van der Waals surface area contributed by atoms with Crippen molar-refractivity contribution in [2.45, 2.75) is 60.1 Å². The smallest absolute Gasteiger partial charge is 0.337 e. The number of aromatic nitrogens is 3. The van der Waals surface area contributed by atoms with E-state index in [4.69, 9.17) is 14.6 Å². The lowest BCUT2D eigenvalue weighted by Crippen LogP contribution is -2.29. The number of aryl methyl sites for hydroxylation is 3. The number of benzene rings is 3. The van der Waals surface area contributed by atoms with Gasteiger partial charge in [-0.1, -0.05) is 50.6 Å². The molecule has 2 amide bonds. The molecule has 5 aromatic rings. The normalized spacial score (nSPS) is 11.3. The Kier molecular flexibility index (Phi) is 10.6. The van der Waals surface area contributed by atoms with Gasteiger partial charge in [0.15, 0.2) is 0 Å². The number of nitrogens with zero attached hydrogens (tertiary/aromatic N) is 3. The second-order valence-electron chi connectivity index (χ2n) is 13.0. The lowest BCUT2D eigenvalue weighted by Gasteiger charge is -2.18. The summed E-state index contributed by atoms with van der Waals surface area (Å²) < 4.78 is 28.7. The molecule has 260 valence electrons. The number of amides is 2. The van der Waals surface area contributed by atoms with Gasteiger partial charge in [0.1, 0.15) is 28.5 Å². The number of urea groups is 1. The van der Waals surface area contributed by atoms with E-state index in [2.05, 4.69) is 26.6 Å². The summed E-state index contributed by atoms with van der Waals surface area (Å²) in [5.41, 5.74) is 5.36. The molecule has 10 nitrogen and oxygen atoms in total. The van der Waals surface area contributed by atoms with Crippen molar-refractivity contribution in [2.24, 2.45) is 0 Å². The molecule has 5 rings (SSSR count). The molecular formula is C38H39BrFN5O5. The molecule has 0 unspecified atom stereocenters. The molecule has 0 aliphatic heterocycles. The first kappa shape index (κ1) is 36.1. The highest BCUT2D eigenvalue weighted by atomic mass is 79.9. The maximum Gasteiger partial charge on any atom is 0.337 e. The van der Waals surface area contributed by atoms with Crippen LogP contribution in [-0.2, 0) is 23.3 Å². The van der Waals surface area contributed by atoms with Crippen molar-refractivity contribution < 1.29 is 23.5 Å². The van der Waals surface area contributed by atoms with E-state index in [1.165, 1.54) is 23.8 Å². The molecule has 0 aliphatic carbocycles. The highest BCUT2D eigenvalue weighted by Crippen LogP contribution is 2.28. The molecule has 0 bridgehead atoms. The third kappa shape index (κ3) is 7.97. The first-order valence-electron chi connectivity index (χ1n) is 15.9. The zero-order valence-electron chi connectivity index (χ0n) is 29.0. The monoisotopic (exact) mass is 743 g/mol. The van der Waals surface area contributed by atoms with Crippen LogP contribution in [0.4, 0.5) is 15.0 Å². The lowest BCUT2D eigenvalue weighted by atomic mass is 9.92. The van der Waals surface area contributed by atoms with Crippen LogP contribution in [0.1, 0.15) is 64.8 Å². The molecule has 0 radical (unpaired) electrons. The number of methoxy groups -OCH3 is 1. The molecule has 0 aliphatic rings. The Hall–Kier alpha value is -5.23. The molecule has 0 spiro atoms. The molecule has 3 aromatic carbocycles. The van der Waals surface area contributed by atoms with Crippen LogP contribution in [0.3, 0.4) is 0 Å². The largest absolute Gasteiger partial charge is 0.487 e. The Balaban J connectivity index is 1.33. The highest BCUT2D eigenvalue weighted by Gasteiger charge is 2.22. The average molecular weight is 745 g/mol. The van der Waals surface area contributed by atoms with E-state index in [9.17, 15) is 18.8 Å². The Labute approximate surface area is 298 Å². The van der Waals surface area contributed by atoms with Crippen molar-refractivity contribution in [3.8, 4) is 17.1 Å². The number of carbonyl (C=O) groups is 2. The zero-order chi connectivity index (χ0) is 36.3. The molecule has 12 heteroatoms. The maximum absolute atomic E-state index is 14.4. The van der Waals surface area contributed by atoms with Crippen LogP contribution in [0.25, 0.3) is 11.4 Å². The van der Waals surface area contributed by atoms with E-state index in [0.717, 1.165) is 22.5 Å². The number of carbonyl (C=O) groups excluding carboxylic acids is 2. The van der Waals surface area contributed by atoms with Gasteiger partial charge in [0, 0.05) is 29.8 Å². The number of halogens is 2. The van der Waals surface area contributed by atoms with Crippen molar-refractivity contribution in [3.63, 3.8) is 0 Å². The fourth-order valence-corrected chi connectivity index (χ4v) is 5.70. The Morgan fingerprint density at radius 1 is 0.940 bits per heavy atom. The Bertz CT molecular complexity index is 2130. The minimum absolute atomic E-state index is 0.00465. The fraction of sp³-hybridized carbons (Fsp3) is 0.263. The van der Waals surface area contributed by atoms with Crippen LogP contribution in [0, 0.1) is 26.6 Å². The number of ether oxygens (including phenoxy) is 2. The molecule has 0 saturated carbocycles. The lowest BCUT2D eigenvalue weighted by molar-refractivity contribution is 0.0600. The van der Waals surface area contributed by atoms with Gasteiger partial charge in [-0.25, -0.2) is 18.7 Å². The number of hydrogen-bond acceptors (Lipinski definition) is 6. The van der Waals surface area contributed by atoms with Gasteiger partial charge in [0.05, 0.1) is 29.7 Å². The van der Waals surface area contributed by atoms with Crippen molar-refractivity contribution >= 4 is 33.7 Å². The average Bonchev–Trinajstić information content (AvgIpc) is 3.50. The number of esters is 1. The second-order valence-corrected chi connectivity index (χ2v) is 13.8. The van der Waals surface area contributed by atoms with Crippen LogP contribution in [0.15, 0.2) is 82.1 Å². The molecule has 50 heavy (non-hydrogen) atoms. The van der Waals surface area contributed by atoms with Crippen molar-refractivity contribution in [2.75, 3.05) is 12.4 Å². The maximum atomic E-state index is 14.4. The summed E-state index contributed by atoms with van der Waals surface area (Å²) >= 11 is 3.39. The molecular weight excluding hydrogens is 705 g/mol. The summed E-state index contributed by atoms with van der Waals surface area (Å²) in [6.45, 7) is 11.7. The van der Waals surface area contributed by atoms with Gasteiger partial charge >= 0.3 is 12.0 Å². The molecule has 2 aromatic heterocycles. The summed E-state index contributed by atoms with van der Waals surface area (Å²) in [4.78, 5) is 38.9. The summed E-state index contributed by atoms with van der Waals surface area (Å²) in [5.74, 6) is -0.212. The van der Waals surface area contributed by atoms with Crippen molar-refractivity contribution in [1.29, 1.82) is 0 Å². The van der Waals surface area contributed by atoms with Crippen molar-refractivity contribution in [3.05, 3.63) is 133 Å². The van der Waals surface area contributed by atoms with Crippen LogP contribution in [-0.4, -0.2) is 33.5 Å². The topological polar surface area (TPSA) is 116 Å². The number of hydrogen-bond donors (Lipinski definition) is 2. The van der Waals surface area contributed by atoms with Gasteiger partial charge in [-0.05, 0) is 89.8 Å². The minimum atomic E-state index is -0.512. The molecule has 0 fully saturated rings. The van der Waals surface area contributed by atoms with Crippen LogP contribution in [0.2, 0.25) is 0 Å². The van der Waals surface area contributed by atoms with Crippen LogP contribution < -0.4 is 20.9 Å². The quantitative estimate of drug-likeness (QED) is 0.149. The minimum Gasteiger partial charge on any atom is -0.487 e. The van der Waals surface area contributed by atoms with Gasteiger partial charge in [0.25, 0.3) is 5.56 Å². The van der Waals surface area contributed by atoms with Gasteiger partial charge in [-0.2, -0.15) is 5.10 Å². The summed E-state index contributed by atoms with van der Waals surface area (Å²) in [7, 11) is 1.30. The van der Waals surface area contributed by atoms with E-state index in [1.807, 2.05) is 65.0 Å². The zero-order valence-corrected chi connectivity index (χ0v) is 30.6. The van der Waals surface area contributed by atoms with Gasteiger partial charge in [-0.15, -0.1) is 0 Å². The summed E-state index contributed by atoms with van der Waals surface area (Å²) in [6, 6.07) is 20.1. The Morgan fingerprint density at radius 2 is 1.66 bits per heavy atom. The SMILES string of the molecule is COC(=O)c1ccc(C)c(-n2c(C)cc(OCc3ccc(F)cc3CNC(=O)Nc3cc(C(C)(C)C)nn3-c3ccc(C)cc3)c(Br)c2=O)c1. The third-order valence-electron chi connectivity index (χ3n) is 8.16. The molecule has 0 saturated heterocycles. The van der Waals surface area contributed by atoms with Crippen molar-refractivity contribution in [1.82, 2.24) is 19.7 Å². The Morgan fingerprint density at radius 3 is 2.34 bits per heavy atom. The van der Waals surface area contributed by atoms with E-state index in [-0.39, 0.29) is 34.3 Å². The van der Waals surface area contributed by atoms with E-state index >= 15 is 0 Å². The molecule has 0 atom stereocenters. The van der Waals surface area contributed by atoms with Crippen LogP contribution >= 0.6 is 15.9 Å². The fourth-order valence-electron chi connectivity index (χ4n) is 5.29. The number of rotatable bonds is 9. The van der Waals surface area contributed by atoms with Crippen LogP contribution in [0.5, 0.6) is 5.75 Å². The number of pyridine rings is 1. The first-order valence-corrected chi connectivity index (χ1v) is 16.7.